The molecule has 0 spiro atoms. The first kappa shape index (κ1) is 6.80. The van der Waals surface area contributed by atoms with Gasteiger partial charge in [0.1, 0.15) is 5.82 Å². The molecule has 0 amide bonds. The molecule has 0 aliphatic carbocycles. The molecule has 11 heavy (non-hydrogen) atoms. The molecule has 1 aliphatic heterocycles. The number of nitrogens with zero attached hydrogens (tertiary/aromatic N) is 1. The van der Waals surface area contributed by atoms with E-state index >= 15 is 0 Å². The first-order valence-corrected chi connectivity index (χ1v) is 3.65. The van der Waals surface area contributed by atoms with Crippen LogP contribution in [0.3, 0.4) is 0 Å². The van der Waals surface area contributed by atoms with Crippen LogP contribution in [0.2, 0.25) is 5.02 Å². The summed E-state index contributed by atoms with van der Waals surface area (Å²) < 4.78 is 12.7. The zero-order valence-corrected chi connectivity index (χ0v) is 6.40. The average Bonchev–Trinajstić information content (AvgIpc) is 2.34. The zero-order chi connectivity index (χ0) is 7.84. The van der Waals surface area contributed by atoms with Crippen LogP contribution in [0.15, 0.2) is 17.1 Å². The van der Waals surface area contributed by atoms with E-state index in [1.807, 2.05) is 6.08 Å². The molecule has 0 saturated heterocycles. The maximum absolute atomic E-state index is 12.7. The molecular weight excluding hydrogens is 165 g/mol. The topological polar surface area (TPSA) is 12.4 Å². The molecule has 0 atom stereocenters. The van der Waals surface area contributed by atoms with Crippen molar-refractivity contribution < 1.29 is 4.39 Å². The predicted octanol–water partition coefficient (Wildman–Crippen LogP) is 0.893. The molecule has 0 fully saturated rings. The number of hydrogen-bond donors (Lipinski definition) is 0. The Morgan fingerprint density at radius 3 is 3.09 bits per heavy atom. The molecule has 1 nitrogen and oxygen atoms in total. The standard InChI is InChI=1S/C8H5ClFN/c9-7-4-6(10)3-5-1-2-11-8(5)7/h1,3-4H,2H2. The van der Waals surface area contributed by atoms with Gasteiger partial charge in [-0.3, -0.25) is 4.99 Å². The summed E-state index contributed by atoms with van der Waals surface area (Å²) in [5.41, 5.74) is 0. The zero-order valence-electron chi connectivity index (χ0n) is 5.64. The van der Waals surface area contributed by atoms with E-state index in [1.165, 1.54) is 12.1 Å². The summed E-state index contributed by atoms with van der Waals surface area (Å²) in [5.74, 6) is -0.304. The van der Waals surface area contributed by atoms with Gasteiger partial charge in [-0.15, -0.1) is 0 Å². The van der Waals surface area contributed by atoms with Crippen LogP contribution in [0.25, 0.3) is 6.08 Å². The Balaban J connectivity index is 2.93. The van der Waals surface area contributed by atoms with Gasteiger partial charge in [-0.1, -0.05) is 17.7 Å². The van der Waals surface area contributed by atoms with Crippen LogP contribution < -0.4 is 10.6 Å². The van der Waals surface area contributed by atoms with E-state index in [4.69, 9.17) is 11.6 Å². The predicted molar refractivity (Wildman–Crippen MR) is 41.5 cm³/mol. The Bertz CT molecular complexity index is 411. The smallest absolute Gasteiger partial charge is 0.125 e. The van der Waals surface area contributed by atoms with Crippen molar-refractivity contribution in [3.63, 3.8) is 0 Å². The first-order chi connectivity index (χ1) is 5.27. The maximum Gasteiger partial charge on any atom is 0.125 e. The number of hydrogen-bond acceptors (Lipinski definition) is 1. The number of fused-ring (bicyclic) bond motifs is 1. The number of benzene rings is 1. The fourth-order valence-corrected chi connectivity index (χ4v) is 1.42. The molecule has 2 rings (SSSR count). The molecule has 0 bridgehead atoms. The van der Waals surface area contributed by atoms with Crippen molar-refractivity contribution in [2.75, 3.05) is 6.54 Å². The Labute approximate surface area is 67.8 Å². The van der Waals surface area contributed by atoms with Crippen LogP contribution >= 0.6 is 11.6 Å². The van der Waals surface area contributed by atoms with Gasteiger partial charge in [0, 0.05) is 5.22 Å². The van der Waals surface area contributed by atoms with E-state index < -0.39 is 0 Å². The highest BCUT2D eigenvalue weighted by Crippen LogP contribution is 2.02. The van der Waals surface area contributed by atoms with E-state index in [-0.39, 0.29) is 5.82 Å². The molecule has 1 aromatic rings. The minimum atomic E-state index is -0.304. The molecular formula is C8H5ClFN. The minimum absolute atomic E-state index is 0.304. The van der Waals surface area contributed by atoms with E-state index in [0.717, 1.165) is 5.22 Å². The molecule has 3 heteroatoms. The van der Waals surface area contributed by atoms with Gasteiger partial charge in [0.25, 0.3) is 0 Å². The average molecular weight is 170 g/mol. The van der Waals surface area contributed by atoms with Crippen molar-refractivity contribution >= 4 is 17.7 Å². The Morgan fingerprint density at radius 2 is 2.27 bits per heavy atom. The summed E-state index contributed by atoms with van der Waals surface area (Å²) in [6.07, 6.45) is 1.85. The summed E-state index contributed by atoms with van der Waals surface area (Å²) >= 11 is 5.72. The second kappa shape index (κ2) is 2.31. The second-order valence-corrected chi connectivity index (χ2v) is 2.78. The van der Waals surface area contributed by atoms with Crippen LogP contribution in [-0.4, -0.2) is 6.54 Å². The van der Waals surface area contributed by atoms with Crippen LogP contribution in [0.4, 0.5) is 4.39 Å². The molecule has 0 aromatic heterocycles. The van der Waals surface area contributed by atoms with Gasteiger partial charge in [0.15, 0.2) is 0 Å². The lowest BCUT2D eigenvalue weighted by atomic mass is 10.3. The Kier molecular flexibility index (Phi) is 1.43. The molecule has 1 aliphatic rings. The van der Waals surface area contributed by atoms with Crippen molar-refractivity contribution in [1.29, 1.82) is 0 Å². The lowest BCUT2D eigenvalue weighted by Gasteiger charge is -1.89. The van der Waals surface area contributed by atoms with Gasteiger partial charge < -0.3 is 0 Å². The maximum atomic E-state index is 12.7. The fourth-order valence-electron chi connectivity index (χ4n) is 1.14. The van der Waals surface area contributed by atoms with Crippen LogP contribution in [0, 0.1) is 5.82 Å². The van der Waals surface area contributed by atoms with Crippen LogP contribution in [-0.2, 0) is 0 Å². The SMILES string of the molecule is Fc1cc(Cl)c2c(c1)=CCN=2. The lowest BCUT2D eigenvalue weighted by molar-refractivity contribution is 0.626. The van der Waals surface area contributed by atoms with Crippen LogP contribution in [0.1, 0.15) is 0 Å². The monoisotopic (exact) mass is 169 g/mol. The Morgan fingerprint density at radius 1 is 1.45 bits per heavy atom. The Hall–Kier alpha value is -0.890. The lowest BCUT2D eigenvalue weighted by Crippen LogP contribution is -2.22. The minimum Gasteiger partial charge on any atom is -0.279 e. The summed E-state index contributed by atoms with van der Waals surface area (Å²) in [6, 6.07) is 2.72. The van der Waals surface area contributed by atoms with Gasteiger partial charge >= 0.3 is 0 Å². The molecule has 0 N–H and O–H groups in total. The second-order valence-electron chi connectivity index (χ2n) is 2.37. The highest BCUT2D eigenvalue weighted by Gasteiger charge is 2.01. The van der Waals surface area contributed by atoms with Gasteiger partial charge in [0.2, 0.25) is 0 Å². The summed E-state index contributed by atoms with van der Waals surface area (Å²) in [7, 11) is 0. The molecule has 1 heterocycles. The third kappa shape index (κ3) is 1.03. The largest absolute Gasteiger partial charge is 0.279 e. The quantitative estimate of drug-likeness (QED) is 0.547. The number of rotatable bonds is 0. The summed E-state index contributed by atoms with van der Waals surface area (Å²) in [6.45, 7) is 0.610. The highest BCUT2D eigenvalue weighted by molar-refractivity contribution is 6.30. The molecule has 0 saturated carbocycles. The normalized spacial score (nSPS) is 13.6. The first-order valence-electron chi connectivity index (χ1n) is 3.27. The van der Waals surface area contributed by atoms with E-state index in [9.17, 15) is 4.39 Å². The molecule has 56 valence electrons. The fraction of sp³-hybridized carbons (Fsp3) is 0.125. The van der Waals surface area contributed by atoms with Crippen molar-refractivity contribution in [2.24, 2.45) is 4.99 Å². The van der Waals surface area contributed by atoms with Crippen molar-refractivity contribution in [3.8, 4) is 0 Å². The number of halogens is 2. The van der Waals surface area contributed by atoms with Crippen molar-refractivity contribution in [2.45, 2.75) is 0 Å². The van der Waals surface area contributed by atoms with E-state index in [1.54, 1.807) is 0 Å². The van der Waals surface area contributed by atoms with Gasteiger partial charge in [-0.05, 0) is 12.1 Å². The van der Waals surface area contributed by atoms with Crippen molar-refractivity contribution in [3.05, 3.63) is 33.5 Å². The summed E-state index contributed by atoms with van der Waals surface area (Å²) in [5, 5.41) is 1.91. The van der Waals surface area contributed by atoms with Gasteiger partial charge in [0.05, 0.1) is 16.9 Å². The molecule has 0 radical (unpaired) electrons. The third-order valence-corrected chi connectivity index (χ3v) is 1.91. The molecule has 1 aromatic carbocycles. The van der Waals surface area contributed by atoms with Crippen molar-refractivity contribution in [1.82, 2.24) is 0 Å². The summed E-state index contributed by atoms with van der Waals surface area (Å²) in [4.78, 5) is 4.09. The van der Waals surface area contributed by atoms with Gasteiger partial charge in [-0.25, -0.2) is 4.39 Å². The van der Waals surface area contributed by atoms with Gasteiger partial charge in [-0.2, -0.15) is 0 Å². The van der Waals surface area contributed by atoms with Crippen LogP contribution in [0.5, 0.6) is 0 Å². The van der Waals surface area contributed by atoms with E-state index in [0.29, 0.717) is 16.9 Å². The highest BCUT2D eigenvalue weighted by atomic mass is 35.5. The van der Waals surface area contributed by atoms with E-state index in [2.05, 4.69) is 4.99 Å². The third-order valence-electron chi connectivity index (χ3n) is 1.62. The molecule has 0 unspecified atom stereocenters.